The standard InChI is InChI=1S/C9H16N2OS/c1-7-5-13-8(11-7)4-12-6-9(2,3)10/h5H,4,6,10H2,1-3H3. The van der Waals surface area contributed by atoms with E-state index in [-0.39, 0.29) is 5.54 Å². The van der Waals surface area contributed by atoms with Crippen molar-refractivity contribution in [2.45, 2.75) is 32.9 Å². The molecule has 0 bridgehead atoms. The van der Waals surface area contributed by atoms with E-state index in [0.717, 1.165) is 10.7 Å². The van der Waals surface area contributed by atoms with Gasteiger partial charge < -0.3 is 10.5 Å². The molecular weight excluding hydrogens is 184 g/mol. The molecule has 0 amide bonds. The summed E-state index contributed by atoms with van der Waals surface area (Å²) >= 11 is 1.62. The van der Waals surface area contributed by atoms with E-state index in [2.05, 4.69) is 4.98 Å². The van der Waals surface area contributed by atoms with Crippen LogP contribution in [0.2, 0.25) is 0 Å². The Kier molecular flexibility index (Phi) is 3.41. The third kappa shape index (κ3) is 4.36. The third-order valence-electron chi connectivity index (χ3n) is 1.37. The Morgan fingerprint density at radius 3 is 2.77 bits per heavy atom. The van der Waals surface area contributed by atoms with Gasteiger partial charge in [0.05, 0.1) is 13.2 Å². The first kappa shape index (κ1) is 10.6. The molecule has 0 atom stereocenters. The molecule has 4 heteroatoms. The monoisotopic (exact) mass is 200 g/mol. The van der Waals surface area contributed by atoms with Crippen LogP contribution in [0.3, 0.4) is 0 Å². The minimum atomic E-state index is -0.258. The topological polar surface area (TPSA) is 48.1 Å². The molecule has 0 aliphatic rings. The van der Waals surface area contributed by atoms with Crippen molar-refractivity contribution < 1.29 is 4.74 Å². The molecule has 0 fully saturated rings. The lowest BCUT2D eigenvalue weighted by Gasteiger charge is -2.17. The molecule has 74 valence electrons. The first-order valence-electron chi connectivity index (χ1n) is 4.25. The maximum atomic E-state index is 5.76. The van der Waals surface area contributed by atoms with Crippen molar-refractivity contribution in [1.82, 2.24) is 4.98 Å². The van der Waals surface area contributed by atoms with E-state index < -0.39 is 0 Å². The van der Waals surface area contributed by atoms with Gasteiger partial charge in [0.15, 0.2) is 0 Å². The van der Waals surface area contributed by atoms with Crippen LogP contribution in [-0.4, -0.2) is 17.1 Å². The summed E-state index contributed by atoms with van der Waals surface area (Å²) in [6, 6.07) is 0. The summed E-state index contributed by atoms with van der Waals surface area (Å²) in [5, 5.41) is 3.04. The number of aromatic nitrogens is 1. The van der Waals surface area contributed by atoms with E-state index in [1.807, 2.05) is 26.2 Å². The molecule has 0 aliphatic heterocycles. The zero-order valence-electron chi connectivity index (χ0n) is 8.33. The molecule has 0 aromatic carbocycles. The number of hydrogen-bond donors (Lipinski definition) is 1. The molecule has 1 heterocycles. The van der Waals surface area contributed by atoms with E-state index >= 15 is 0 Å². The fourth-order valence-electron chi connectivity index (χ4n) is 0.870. The van der Waals surface area contributed by atoms with Crippen molar-refractivity contribution >= 4 is 11.3 Å². The average molecular weight is 200 g/mol. The van der Waals surface area contributed by atoms with Crippen LogP contribution in [-0.2, 0) is 11.3 Å². The van der Waals surface area contributed by atoms with Crippen LogP contribution in [0.4, 0.5) is 0 Å². The number of aryl methyl sites for hydroxylation is 1. The summed E-state index contributed by atoms with van der Waals surface area (Å²) in [6.45, 7) is 7.00. The lowest BCUT2D eigenvalue weighted by molar-refractivity contribution is 0.0849. The van der Waals surface area contributed by atoms with Crippen molar-refractivity contribution in [2.24, 2.45) is 5.73 Å². The molecule has 2 N–H and O–H groups in total. The summed E-state index contributed by atoms with van der Waals surface area (Å²) < 4.78 is 5.42. The van der Waals surface area contributed by atoms with Crippen LogP contribution in [0.5, 0.6) is 0 Å². The van der Waals surface area contributed by atoms with Gasteiger partial charge in [-0.3, -0.25) is 0 Å². The van der Waals surface area contributed by atoms with Gasteiger partial charge in [-0.25, -0.2) is 4.98 Å². The molecule has 1 rings (SSSR count). The Morgan fingerprint density at radius 1 is 1.62 bits per heavy atom. The quantitative estimate of drug-likeness (QED) is 0.805. The lowest BCUT2D eigenvalue weighted by atomic mass is 10.1. The zero-order chi connectivity index (χ0) is 9.90. The zero-order valence-corrected chi connectivity index (χ0v) is 9.15. The number of ether oxygens (including phenoxy) is 1. The summed E-state index contributed by atoms with van der Waals surface area (Å²) in [4.78, 5) is 4.28. The number of hydrogen-bond acceptors (Lipinski definition) is 4. The fraction of sp³-hybridized carbons (Fsp3) is 0.667. The van der Waals surface area contributed by atoms with Gasteiger partial charge in [0, 0.05) is 16.6 Å². The van der Waals surface area contributed by atoms with Crippen LogP contribution >= 0.6 is 11.3 Å². The molecule has 0 saturated heterocycles. The smallest absolute Gasteiger partial charge is 0.119 e. The molecule has 13 heavy (non-hydrogen) atoms. The van der Waals surface area contributed by atoms with E-state index in [1.165, 1.54) is 0 Å². The van der Waals surface area contributed by atoms with E-state index in [1.54, 1.807) is 11.3 Å². The molecule has 0 aliphatic carbocycles. The minimum Gasteiger partial charge on any atom is -0.372 e. The van der Waals surface area contributed by atoms with Gasteiger partial charge >= 0.3 is 0 Å². The Bertz CT molecular complexity index is 265. The number of rotatable bonds is 4. The summed E-state index contributed by atoms with van der Waals surface area (Å²) in [5.41, 5.74) is 6.56. The Hall–Kier alpha value is -0.450. The van der Waals surface area contributed by atoms with E-state index in [4.69, 9.17) is 10.5 Å². The van der Waals surface area contributed by atoms with Gasteiger partial charge in [0.25, 0.3) is 0 Å². The predicted octanol–water partition coefficient (Wildman–Crippen LogP) is 1.71. The van der Waals surface area contributed by atoms with Gasteiger partial charge in [-0.05, 0) is 20.8 Å². The van der Waals surface area contributed by atoms with E-state index in [9.17, 15) is 0 Å². The van der Waals surface area contributed by atoms with Crippen LogP contribution in [0, 0.1) is 6.92 Å². The van der Waals surface area contributed by atoms with E-state index in [0.29, 0.717) is 13.2 Å². The van der Waals surface area contributed by atoms with Gasteiger partial charge in [0.2, 0.25) is 0 Å². The largest absolute Gasteiger partial charge is 0.372 e. The first-order valence-corrected chi connectivity index (χ1v) is 5.13. The fourth-order valence-corrected chi connectivity index (χ4v) is 1.58. The maximum Gasteiger partial charge on any atom is 0.119 e. The van der Waals surface area contributed by atoms with Crippen molar-refractivity contribution in [3.05, 3.63) is 16.1 Å². The second-order valence-corrected chi connectivity index (χ2v) is 4.81. The van der Waals surface area contributed by atoms with Crippen molar-refractivity contribution in [3.63, 3.8) is 0 Å². The Balaban J connectivity index is 2.28. The molecule has 0 radical (unpaired) electrons. The Labute approximate surface area is 82.9 Å². The molecule has 1 aromatic heterocycles. The molecule has 3 nitrogen and oxygen atoms in total. The van der Waals surface area contributed by atoms with Crippen molar-refractivity contribution in [1.29, 1.82) is 0 Å². The maximum absolute atomic E-state index is 5.76. The molecule has 0 spiro atoms. The van der Waals surface area contributed by atoms with Crippen LogP contribution in [0.15, 0.2) is 5.38 Å². The van der Waals surface area contributed by atoms with Crippen LogP contribution in [0.25, 0.3) is 0 Å². The highest BCUT2D eigenvalue weighted by Crippen LogP contribution is 2.10. The molecule has 0 saturated carbocycles. The summed E-state index contributed by atoms with van der Waals surface area (Å²) in [5.74, 6) is 0. The van der Waals surface area contributed by atoms with Gasteiger partial charge in [-0.1, -0.05) is 0 Å². The second-order valence-electron chi connectivity index (χ2n) is 3.86. The second kappa shape index (κ2) is 4.17. The molecular formula is C9H16N2OS. The lowest BCUT2D eigenvalue weighted by Crippen LogP contribution is -2.37. The molecule has 1 aromatic rings. The highest BCUT2D eigenvalue weighted by Gasteiger charge is 2.10. The first-order chi connectivity index (χ1) is 5.97. The van der Waals surface area contributed by atoms with Crippen LogP contribution in [0.1, 0.15) is 24.5 Å². The average Bonchev–Trinajstić information content (AvgIpc) is 2.33. The normalized spacial score (nSPS) is 12.0. The Morgan fingerprint density at radius 2 is 2.31 bits per heavy atom. The summed E-state index contributed by atoms with van der Waals surface area (Å²) in [6.07, 6.45) is 0. The summed E-state index contributed by atoms with van der Waals surface area (Å²) in [7, 11) is 0. The number of thiazole rings is 1. The van der Waals surface area contributed by atoms with Crippen molar-refractivity contribution in [3.8, 4) is 0 Å². The minimum absolute atomic E-state index is 0.258. The highest BCUT2D eigenvalue weighted by molar-refractivity contribution is 7.09. The van der Waals surface area contributed by atoms with Crippen molar-refractivity contribution in [2.75, 3.05) is 6.61 Å². The third-order valence-corrected chi connectivity index (χ3v) is 2.31. The number of nitrogens with zero attached hydrogens (tertiary/aromatic N) is 1. The van der Waals surface area contributed by atoms with Gasteiger partial charge in [0.1, 0.15) is 5.01 Å². The van der Waals surface area contributed by atoms with Gasteiger partial charge in [-0.2, -0.15) is 0 Å². The molecule has 0 unspecified atom stereocenters. The SMILES string of the molecule is Cc1csc(COCC(C)(C)N)n1. The van der Waals surface area contributed by atoms with Gasteiger partial charge in [-0.15, -0.1) is 11.3 Å². The highest BCUT2D eigenvalue weighted by atomic mass is 32.1. The number of nitrogens with two attached hydrogens (primary N) is 1. The predicted molar refractivity (Wildman–Crippen MR) is 54.8 cm³/mol. The van der Waals surface area contributed by atoms with Crippen LogP contribution < -0.4 is 5.73 Å².